The van der Waals surface area contributed by atoms with Crippen molar-refractivity contribution < 1.29 is 24.2 Å². The third kappa shape index (κ3) is 4.45. The van der Waals surface area contributed by atoms with Crippen molar-refractivity contribution in [2.24, 2.45) is 0 Å². The molecule has 0 radical (unpaired) electrons. The van der Waals surface area contributed by atoms with Crippen LogP contribution in [-0.4, -0.2) is 59.6 Å². The van der Waals surface area contributed by atoms with Crippen LogP contribution in [0.1, 0.15) is 34.0 Å². The van der Waals surface area contributed by atoms with Gasteiger partial charge in [-0.2, -0.15) is 0 Å². The molecular weight excluding hydrogens is 432 g/mol. The lowest BCUT2D eigenvalue weighted by Crippen LogP contribution is -2.48. The Morgan fingerprint density at radius 2 is 1.91 bits per heavy atom. The first kappa shape index (κ1) is 22.2. The number of carbonyl (C=O) groups excluding carboxylic acids is 2. The molecule has 168 valence electrons. The molecule has 8 heteroatoms. The van der Waals surface area contributed by atoms with E-state index in [-0.39, 0.29) is 23.4 Å². The van der Waals surface area contributed by atoms with Gasteiger partial charge in [0.2, 0.25) is 5.78 Å². The lowest BCUT2D eigenvalue weighted by molar-refractivity contribution is 0.0774. The van der Waals surface area contributed by atoms with Crippen LogP contribution in [-0.2, 0) is 11.3 Å². The number of ketones is 1. The van der Waals surface area contributed by atoms with Crippen LogP contribution >= 0.6 is 11.6 Å². The number of ether oxygens (including phenoxy) is 2. The number of allylic oxidation sites excluding steroid dienone is 1. The summed E-state index contributed by atoms with van der Waals surface area (Å²) in [6, 6.07) is 8.72. The van der Waals surface area contributed by atoms with Gasteiger partial charge in [-0.1, -0.05) is 23.7 Å². The van der Waals surface area contributed by atoms with E-state index in [0.717, 1.165) is 5.56 Å². The van der Waals surface area contributed by atoms with Crippen LogP contribution in [0, 0.1) is 6.92 Å². The van der Waals surface area contributed by atoms with E-state index in [9.17, 15) is 14.7 Å². The van der Waals surface area contributed by atoms with Crippen molar-refractivity contribution in [2.45, 2.75) is 20.4 Å². The first-order valence-electron chi connectivity index (χ1n) is 10.6. The Bertz CT molecular complexity index is 1070. The van der Waals surface area contributed by atoms with Crippen LogP contribution in [0.4, 0.5) is 4.79 Å². The van der Waals surface area contributed by atoms with Gasteiger partial charge in [0.25, 0.3) is 0 Å². The molecule has 0 atom stereocenters. The third-order valence-corrected chi connectivity index (χ3v) is 5.92. The van der Waals surface area contributed by atoms with Crippen molar-refractivity contribution in [3.05, 3.63) is 63.4 Å². The third-order valence-electron chi connectivity index (χ3n) is 5.67. The number of aryl methyl sites for hydroxylation is 1. The van der Waals surface area contributed by atoms with Gasteiger partial charge in [0.1, 0.15) is 11.5 Å². The average molecular weight is 457 g/mol. The fourth-order valence-electron chi connectivity index (χ4n) is 3.97. The summed E-state index contributed by atoms with van der Waals surface area (Å²) in [4.78, 5) is 28.8. The van der Waals surface area contributed by atoms with Gasteiger partial charge in [0.05, 0.1) is 17.7 Å². The molecule has 1 fully saturated rings. The summed E-state index contributed by atoms with van der Waals surface area (Å²) < 4.78 is 11.1. The summed E-state index contributed by atoms with van der Waals surface area (Å²) in [5.41, 5.74) is 2.51. The van der Waals surface area contributed by atoms with E-state index in [1.54, 1.807) is 43.0 Å². The minimum atomic E-state index is -0.308. The summed E-state index contributed by atoms with van der Waals surface area (Å²) in [7, 11) is 0. The highest BCUT2D eigenvalue weighted by Crippen LogP contribution is 2.42. The molecule has 1 saturated heterocycles. The van der Waals surface area contributed by atoms with E-state index in [4.69, 9.17) is 21.1 Å². The zero-order chi connectivity index (χ0) is 22.8. The topological polar surface area (TPSA) is 79.3 Å². The highest BCUT2D eigenvalue weighted by molar-refractivity contribution is 6.30. The maximum absolute atomic E-state index is 13.1. The Balaban J connectivity index is 1.55. The number of carbonyl (C=O) groups is 2. The Morgan fingerprint density at radius 1 is 1.22 bits per heavy atom. The molecule has 1 amide bonds. The molecule has 2 aliphatic heterocycles. The Labute approximate surface area is 191 Å². The van der Waals surface area contributed by atoms with Gasteiger partial charge in [0, 0.05) is 37.7 Å². The fourth-order valence-corrected chi connectivity index (χ4v) is 4.10. The smallest absolute Gasteiger partial charge is 0.409 e. The van der Waals surface area contributed by atoms with Crippen LogP contribution in [0.2, 0.25) is 5.02 Å². The molecule has 7 nitrogen and oxygen atoms in total. The Morgan fingerprint density at radius 3 is 2.56 bits per heavy atom. The second kappa shape index (κ2) is 9.22. The van der Waals surface area contributed by atoms with Crippen LogP contribution in [0.5, 0.6) is 11.5 Å². The van der Waals surface area contributed by atoms with Gasteiger partial charge in [-0.3, -0.25) is 9.69 Å². The van der Waals surface area contributed by atoms with Crippen molar-refractivity contribution in [3.63, 3.8) is 0 Å². The summed E-state index contributed by atoms with van der Waals surface area (Å²) in [6.07, 6.45) is 1.37. The molecule has 1 N–H and O–H groups in total. The Kier molecular flexibility index (Phi) is 6.39. The van der Waals surface area contributed by atoms with Gasteiger partial charge in [-0.15, -0.1) is 0 Å². The largest absolute Gasteiger partial charge is 0.507 e. The summed E-state index contributed by atoms with van der Waals surface area (Å²) in [5.74, 6) is 0.500. The van der Waals surface area contributed by atoms with E-state index >= 15 is 0 Å². The highest BCUT2D eigenvalue weighted by atomic mass is 35.5. The van der Waals surface area contributed by atoms with Crippen molar-refractivity contribution in [2.75, 3.05) is 32.8 Å². The first-order chi connectivity index (χ1) is 15.4. The fraction of sp³-hybridized carbons (Fsp3) is 0.333. The molecule has 0 bridgehead atoms. The zero-order valence-electron chi connectivity index (χ0n) is 18.1. The molecule has 32 heavy (non-hydrogen) atoms. The highest BCUT2D eigenvalue weighted by Gasteiger charge is 2.34. The number of phenols is 1. The Hall–Kier alpha value is -3.03. The molecule has 2 aromatic rings. The average Bonchev–Trinajstić information content (AvgIpc) is 3.09. The lowest BCUT2D eigenvalue weighted by atomic mass is 9.99. The number of hydrogen-bond donors (Lipinski definition) is 1. The summed E-state index contributed by atoms with van der Waals surface area (Å²) >= 11 is 5.94. The number of hydrogen-bond acceptors (Lipinski definition) is 6. The maximum Gasteiger partial charge on any atom is 0.409 e. The molecule has 0 unspecified atom stereocenters. The molecule has 2 aromatic carbocycles. The van der Waals surface area contributed by atoms with Crippen molar-refractivity contribution in [1.29, 1.82) is 0 Å². The standard InChI is InChI=1S/C24H25ClN2O5/c1-3-31-24(30)27-10-8-26(9-11-27)14-18-19(28)12-15(2)21-22(29)20(32-23(18)21)13-16-4-6-17(25)7-5-16/h4-7,12-13,28H,3,8-11,14H2,1-2H3/b20-13-. The van der Waals surface area contributed by atoms with E-state index < -0.39 is 0 Å². The summed E-state index contributed by atoms with van der Waals surface area (Å²) in [5, 5.41) is 11.3. The number of Topliss-reactive ketones (excluding diaryl/α,β-unsaturated/α-hetero) is 1. The second-order valence-corrected chi connectivity index (χ2v) is 8.29. The quantitative estimate of drug-likeness (QED) is 0.693. The van der Waals surface area contributed by atoms with E-state index in [1.165, 1.54) is 0 Å². The van der Waals surface area contributed by atoms with Crippen LogP contribution in [0.3, 0.4) is 0 Å². The van der Waals surface area contributed by atoms with Crippen molar-refractivity contribution >= 4 is 29.6 Å². The molecule has 0 saturated carbocycles. The number of phenolic OH excluding ortho intramolecular Hbond substituents is 1. The number of aromatic hydroxyl groups is 1. The lowest BCUT2D eigenvalue weighted by Gasteiger charge is -2.34. The van der Waals surface area contributed by atoms with E-state index in [1.807, 2.05) is 12.1 Å². The molecule has 2 heterocycles. The number of nitrogens with zero attached hydrogens (tertiary/aromatic N) is 2. The molecule has 0 aromatic heterocycles. The predicted octanol–water partition coefficient (Wildman–Crippen LogP) is 4.24. The van der Waals surface area contributed by atoms with Crippen LogP contribution in [0.25, 0.3) is 6.08 Å². The van der Waals surface area contributed by atoms with Gasteiger partial charge < -0.3 is 19.5 Å². The minimum Gasteiger partial charge on any atom is -0.507 e. The SMILES string of the molecule is CCOC(=O)N1CCN(Cc2c(O)cc(C)c3c2O/C(=C\c2ccc(Cl)cc2)C3=O)CC1. The van der Waals surface area contributed by atoms with Crippen molar-refractivity contribution in [1.82, 2.24) is 9.80 Å². The minimum absolute atomic E-state index is 0.0922. The molecule has 0 aliphatic carbocycles. The van der Waals surface area contributed by atoms with Gasteiger partial charge in [-0.25, -0.2) is 4.79 Å². The number of fused-ring (bicyclic) bond motifs is 1. The number of benzene rings is 2. The van der Waals surface area contributed by atoms with E-state index in [2.05, 4.69) is 4.90 Å². The molecule has 2 aliphatic rings. The molecule has 4 rings (SSSR count). The van der Waals surface area contributed by atoms with Gasteiger partial charge in [0.15, 0.2) is 5.76 Å². The van der Waals surface area contributed by atoms with Crippen LogP contribution in [0.15, 0.2) is 36.1 Å². The monoisotopic (exact) mass is 456 g/mol. The van der Waals surface area contributed by atoms with Gasteiger partial charge >= 0.3 is 6.09 Å². The van der Waals surface area contributed by atoms with Crippen molar-refractivity contribution in [3.8, 4) is 11.5 Å². The number of rotatable bonds is 4. The second-order valence-electron chi connectivity index (χ2n) is 7.85. The van der Waals surface area contributed by atoms with E-state index in [0.29, 0.717) is 66.8 Å². The number of piperazine rings is 1. The first-order valence-corrected chi connectivity index (χ1v) is 10.9. The predicted molar refractivity (Wildman–Crippen MR) is 121 cm³/mol. The number of halogens is 1. The van der Waals surface area contributed by atoms with Gasteiger partial charge in [-0.05, 0) is 49.2 Å². The number of amides is 1. The van der Waals surface area contributed by atoms with Crippen LogP contribution < -0.4 is 4.74 Å². The normalized spacial score (nSPS) is 17.4. The zero-order valence-corrected chi connectivity index (χ0v) is 18.8. The molecular formula is C24H25ClN2O5. The summed E-state index contributed by atoms with van der Waals surface area (Å²) in [6.45, 7) is 6.65. The maximum atomic E-state index is 13.1. The molecule has 0 spiro atoms.